The summed E-state index contributed by atoms with van der Waals surface area (Å²) in [7, 11) is 1.00. The second kappa shape index (κ2) is 3.63. The Labute approximate surface area is 67.3 Å². The van der Waals surface area contributed by atoms with Crippen molar-refractivity contribution in [2.24, 2.45) is 0 Å². The van der Waals surface area contributed by atoms with Crippen LogP contribution in [0.2, 0.25) is 0 Å². The van der Waals surface area contributed by atoms with Gasteiger partial charge in [-0.15, -0.1) is 0 Å². The molecule has 0 aliphatic heterocycles. The van der Waals surface area contributed by atoms with Gasteiger partial charge >= 0.3 is 0 Å². The fourth-order valence-corrected chi connectivity index (χ4v) is 0.776. The van der Waals surface area contributed by atoms with E-state index < -0.39 is 0 Å². The van der Waals surface area contributed by atoms with E-state index in [1.807, 2.05) is 0 Å². The van der Waals surface area contributed by atoms with E-state index in [-0.39, 0.29) is 5.56 Å². The third-order valence-electron chi connectivity index (χ3n) is 1.23. The van der Waals surface area contributed by atoms with E-state index in [9.17, 15) is 4.79 Å². The van der Waals surface area contributed by atoms with Gasteiger partial charge in [-0.05, 0) is 0 Å². The molecular formula is C6H8N4O2. The van der Waals surface area contributed by atoms with Gasteiger partial charge in [0.2, 0.25) is 0 Å². The number of fused-ring (bicyclic) bond motifs is 1. The van der Waals surface area contributed by atoms with Gasteiger partial charge in [0.25, 0.3) is 5.56 Å². The number of aliphatic hydroxyl groups excluding tert-OH is 1. The van der Waals surface area contributed by atoms with E-state index in [2.05, 4.69) is 19.9 Å². The lowest BCUT2D eigenvalue weighted by atomic mass is 10.6. The van der Waals surface area contributed by atoms with Crippen LogP contribution in [0.1, 0.15) is 0 Å². The number of aromatic amines is 2. The van der Waals surface area contributed by atoms with Crippen molar-refractivity contribution in [1.29, 1.82) is 0 Å². The van der Waals surface area contributed by atoms with E-state index in [1.165, 1.54) is 12.7 Å². The average Bonchev–Trinajstić information content (AvgIpc) is 2.57. The van der Waals surface area contributed by atoms with Crippen molar-refractivity contribution in [3.05, 3.63) is 23.0 Å². The number of nitrogens with one attached hydrogen (secondary N) is 2. The van der Waals surface area contributed by atoms with Crippen molar-refractivity contribution in [3.63, 3.8) is 0 Å². The number of H-pyrrole nitrogens is 2. The molecule has 64 valence electrons. The highest BCUT2D eigenvalue weighted by Gasteiger charge is 1.97. The zero-order valence-corrected chi connectivity index (χ0v) is 6.40. The van der Waals surface area contributed by atoms with Gasteiger partial charge in [0.1, 0.15) is 0 Å². The van der Waals surface area contributed by atoms with Gasteiger partial charge in [0.15, 0.2) is 11.2 Å². The van der Waals surface area contributed by atoms with E-state index in [0.717, 1.165) is 7.11 Å². The summed E-state index contributed by atoms with van der Waals surface area (Å²) in [6.07, 6.45) is 2.76. The number of aromatic nitrogens is 4. The summed E-state index contributed by atoms with van der Waals surface area (Å²) >= 11 is 0. The van der Waals surface area contributed by atoms with Crippen molar-refractivity contribution in [2.75, 3.05) is 7.11 Å². The molecule has 6 nitrogen and oxygen atoms in total. The predicted molar refractivity (Wildman–Crippen MR) is 42.7 cm³/mol. The molecule has 0 saturated heterocycles. The molecule has 3 N–H and O–H groups in total. The molecule has 0 aromatic carbocycles. The average molecular weight is 168 g/mol. The topological polar surface area (TPSA) is 94.7 Å². The Hall–Kier alpha value is -1.69. The first-order valence-electron chi connectivity index (χ1n) is 3.19. The maximum absolute atomic E-state index is 10.9. The zero-order valence-electron chi connectivity index (χ0n) is 6.40. The smallest absolute Gasteiger partial charge is 0.276 e. The Bertz CT molecular complexity index is 405. The molecule has 0 atom stereocenters. The molecule has 0 aliphatic rings. The Morgan fingerprint density at radius 3 is 2.42 bits per heavy atom. The first-order chi connectivity index (χ1) is 5.88. The van der Waals surface area contributed by atoms with Gasteiger partial charge in [-0.3, -0.25) is 4.79 Å². The van der Waals surface area contributed by atoms with Gasteiger partial charge in [-0.25, -0.2) is 9.97 Å². The van der Waals surface area contributed by atoms with Crippen molar-refractivity contribution >= 4 is 11.2 Å². The SMILES string of the molecule is CO.O=c1[nH]cnc2nc[nH]c12. The lowest BCUT2D eigenvalue weighted by Gasteiger charge is -1.81. The van der Waals surface area contributed by atoms with Crippen LogP contribution >= 0.6 is 0 Å². The van der Waals surface area contributed by atoms with Crippen molar-refractivity contribution in [3.8, 4) is 0 Å². The fourth-order valence-electron chi connectivity index (χ4n) is 0.776. The molecule has 6 heteroatoms. The van der Waals surface area contributed by atoms with E-state index in [1.54, 1.807) is 0 Å². The normalized spacial score (nSPS) is 9.17. The lowest BCUT2D eigenvalue weighted by molar-refractivity contribution is 0.399. The van der Waals surface area contributed by atoms with E-state index in [0.29, 0.717) is 11.2 Å². The number of nitrogens with zero attached hydrogens (tertiary/aromatic N) is 2. The zero-order chi connectivity index (χ0) is 8.97. The summed E-state index contributed by atoms with van der Waals surface area (Å²) in [6.45, 7) is 0. The maximum atomic E-state index is 10.9. The monoisotopic (exact) mass is 168 g/mol. The molecule has 0 unspecified atom stereocenters. The summed E-state index contributed by atoms with van der Waals surface area (Å²) in [5.41, 5.74) is 0.675. The Morgan fingerprint density at radius 1 is 1.25 bits per heavy atom. The van der Waals surface area contributed by atoms with Crippen LogP contribution in [-0.2, 0) is 0 Å². The number of imidazole rings is 1. The highest BCUT2D eigenvalue weighted by atomic mass is 16.2. The van der Waals surface area contributed by atoms with Crippen molar-refractivity contribution in [2.45, 2.75) is 0 Å². The molecule has 2 heterocycles. The summed E-state index contributed by atoms with van der Waals surface area (Å²) in [4.78, 5) is 23.6. The molecule has 0 spiro atoms. The molecule has 2 aromatic heterocycles. The van der Waals surface area contributed by atoms with Crippen LogP contribution in [0.5, 0.6) is 0 Å². The summed E-state index contributed by atoms with van der Waals surface area (Å²) in [5, 5.41) is 7.00. The Kier molecular flexibility index (Phi) is 2.54. The van der Waals surface area contributed by atoms with Gasteiger partial charge in [0, 0.05) is 7.11 Å². The first kappa shape index (κ1) is 8.41. The number of rotatable bonds is 0. The van der Waals surface area contributed by atoms with Gasteiger partial charge in [-0.2, -0.15) is 0 Å². The summed E-state index contributed by atoms with van der Waals surface area (Å²) in [6, 6.07) is 0. The second-order valence-corrected chi connectivity index (χ2v) is 1.83. The highest BCUT2D eigenvalue weighted by molar-refractivity contribution is 5.67. The van der Waals surface area contributed by atoms with Crippen LogP contribution in [0.15, 0.2) is 17.4 Å². The van der Waals surface area contributed by atoms with Gasteiger partial charge in [0.05, 0.1) is 12.7 Å². The van der Waals surface area contributed by atoms with Gasteiger partial charge < -0.3 is 15.1 Å². The number of hydrogen-bond donors (Lipinski definition) is 3. The minimum Gasteiger partial charge on any atom is -0.400 e. The van der Waals surface area contributed by atoms with Crippen molar-refractivity contribution in [1.82, 2.24) is 19.9 Å². The van der Waals surface area contributed by atoms with Crippen LogP contribution in [0.25, 0.3) is 11.2 Å². The van der Waals surface area contributed by atoms with E-state index in [4.69, 9.17) is 5.11 Å². The second-order valence-electron chi connectivity index (χ2n) is 1.83. The van der Waals surface area contributed by atoms with Crippen LogP contribution in [0.4, 0.5) is 0 Å². The molecule has 0 bridgehead atoms. The number of hydrogen-bond acceptors (Lipinski definition) is 4. The standard InChI is InChI=1S/C5H4N4O.CH4O/c10-5-3-4(7-1-6-3)8-2-9-5;1-2/h1-2H,(H2,6,7,8,9,10);2H,1H3. The predicted octanol–water partition coefficient (Wildman–Crippen LogP) is -0.745. The minimum atomic E-state index is -0.192. The van der Waals surface area contributed by atoms with Crippen molar-refractivity contribution < 1.29 is 5.11 Å². The lowest BCUT2D eigenvalue weighted by Crippen LogP contribution is -2.05. The Morgan fingerprint density at radius 2 is 1.83 bits per heavy atom. The largest absolute Gasteiger partial charge is 0.400 e. The van der Waals surface area contributed by atoms with Crippen LogP contribution in [-0.4, -0.2) is 32.2 Å². The van der Waals surface area contributed by atoms with E-state index >= 15 is 0 Å². The molecule has 12 heavy (non-hydrogen) atoms. The summed E-state index contributed by atoms with van der Waals surface area (Å²) in [5.74, 6) is 0. The first-order valence-corrected chi connectivity index (χ1v) is 3.19. The molecule has 0 radical (unpaired) electrons. The molecular weight excluding hydrogens is 160 g/mol. The third-order valence-corrected chi connectivity index (χ3v) is 1.23. The molecule has 2 rings (SSSR count). The molecule has 0 fully saturated rings. The molecule has 0 aliphatic carbocycles. The summed E-state index contributed by atoms with van der Waals surface area (Å²) < 4.78 is 0. The third kappa shape index (κ3) is 1.32. The molecule has 2 aromatic rings. The fraction of sp³-hybridized carbons (Fsp3) is 0.167. The van der Waals surface area contributed by atoms with Crippen LogP contribution < -0.4 is 5.56 Å². The van der Waals surface area contributed by atoms with Crippen LogP contribution in [0, 0.1) is 0 Å². The molecule has 0 saturated carbocycles. The highest BCUT2D eigenvalue weighted by Crippen LogP contribution is 1.94. The maximum Gasteiger partial charge on any atom is 0.276 e. The molecule has 0 amide bonds. The Balaban J connectivity index is 0.000000336. The quantitative estimate of drug-likeness (QED) is 0.482. The van der Waals surface area contributed by atoms with Gasteiger partial charge in [-0.1, -0.05) is 0 Å². The van der Waals surface area contributed by atoms with Crippen LogP contribution in [0.3, 0.4) is 0 Å². The number of aliphatic hydroxyl groups is 1. The minimum absolute atomic E-state index is 0.192.